The van der Waals surface area contributed by atoms with E-state index in [1.807, 2.05) is 0 Å². The van der Waals surface area contributed by atoms with Gasteiger partial charge in [-0.25, -0.2) is 0 Å². The topological polar surface area (TPSA) is 12.0 Å². The molecule has 0 heterocycles. The maximum atomic E-state index is 4.19. The molecule has 2 aromatic carbocycles. The van der Waals surface area contributed by atoms with Crippen molar-refractivity contribution in [3.8, 4) is 0 Å². The van der Waals surface area contributed by atoms with Gasteiger partial charge < -0.3 is 5.32 Å². The number of hydrogen-bond donors (Lipinski definition) is 2. The van der Waals surface area contributed by atoms with E-state index in [2.05, 4.69) is 74.3 Å². The Kier molecular flexibility index (Phi) is 3.75. The molecule has 0 spiro atoms. The van der Waals surface area contributed by atoms with Crippen LogP contribution in [0.25, 0.3) is 10.8 Å². The summed E-state index contributed by atoms with van der Waals surface area (Å²) in [6.45, 7) is 5.45. The molecule has 1 N–H and O–H groups in total. The van der Waals surface area contributed by atoms with E-state index in [9.17, 15) is 0 Å². The third-order valence-electron chi connectivity index (χ3n) is 3.21. The smallest absolute Gasteiger partial charge is 0.0387 e. The van der Waals surface area contributed by atoms with Crippen LogP contribution < -0.4 is 5.32 Å². The fourth-order valence-electron chi connectivity index (χ4n) is 2.08. The minimum absolute atomic E-state index is 0.132. The Morgan fingerprint density at radius 3 is 2.47 bits per heavy atom. The minimum atomic E-state index is 0.132. The number of thiol groups is 1. The van der Waals surface area contributed by atoms with Crippen LogP contribution in [0.1, 0.15) is 19.4 Å². The van der Waals surface area contributed by atoms with Crippen molar-refractivity contribution >= 4 is 23.4 Å². The molecule has 2 heteroatoms. The van der Waals surface area contributed by atoms with Crippen molar-refractivity contribution < 1.29 is 0 Å². The molecule has 2 aromatic rings. The Morgan fingerprint density at radius 1 is 1.06 bits per heavy atom. The quantitative estimate of drug-likeness (QED) is 0.619. The van der Waals surface area contributed by atoms with E-state index in [0.29, 0.717) is 0 Å². The lowest BCUT2D eigenvalue weighted by molar-refractivity contribution is 0.491. The summed E-state index contributed by atoms with van der Waals surface area (Å²) in [5, 5.41) is 5.91. The third-order valence-corrected chi connectivity index (χ3v) is 3.43. The van der Waals surface area contributed by atoms with Crippen LogP contribution in [0.2, 0.25) is 0 Å². The van der Waals surface area contributed by atoms with Crippen molar-refractivity contribution in [2.24, 2.45) is 0 Å². The molecule has 17 heavy (non-hydrogen) atoms. The molecule has 0 aliphatic rings. The molecule has 0 atom stereocenters. The Bertz CT molecular complexity index is 505. The molecule has 0 fully saturated rings. The van der Waals surface area contributed by atoms with E-state index in [1.54, 1.807) is 0 Å². The molecule has 90 valence electrons. The molecule has 0 radical (unpaired) electrons. The SMILES string of the molecule is CC(C)(CNCS)c1ccc2ccccc2c1. The fourth-order valence-corrected chi connectivity index (χ4v) is 2.19. The third kappa shape index (κ3) is 2.82. The van der Waals surface area contributed by atoms with E-state index >= 15 is 0 Å². The highest BCUT2D eigenvalue weighted by molar-refractivity contribution is 7.80. The molecule has 1 nitrogen and oxygen atoms in total. The van der Waals surface area contributed by atoms with Crippen molar-refractivity contribution in [3.63, 3.8) is 0 Å². The summed E-state index contributed by atoms with van der Waals surface area (Å²) in [4.78, 5) is 0. The van der Waals surface area contributed by atoms with Gasteiger partial charge >= 0.3 is 0 Å². The lowest BCUT2D eigenvalue weighted by Gasteiger charge is -2.25. The average Bonchev–Trinajstić information content (AvgIpc) is 2.36. The summed E-state index contributed by atoms with van der Waals surface area (Å²) in [5.41, 5.74) is 1.50. The summed E-state index contributed by atoms with van der Waals surface area (Å²) in [7, 11) is 0. The Hall–Kier alpha value is -0.990. The average molecular weight is 245 g/mol. The van der Waals surface area contributed by atoms with Gasteiger partial charge in [0.05, 0.1) is 0 Å². The van der Waals surface area contributed by atoms with Crippen LogP contribution in [0.3, 0.4) is 0 Å². The zero-order chi connectivity index (χ0) is 12.3. The number of rotatable bonds is 4. The van der Waals surface area contributed by atoms with Gasteiger partial charge in [0.15, 0.2) is 0 Å². The molecule has 0 unspecified atom stereocenters. The van der Waals surface area contributed by atoms with Crippen LogP contribution in [0.15, 0.2) is 42.5 Å². The van der Waals surface area contributed by atoms with E-state index in [1.165, 1.54) is 16.3 Å². The summed E-state index contributed by atoms with van der Waals surface area (Å²) >= 11 is 4.19. The largest absolute Gasteiger partial charge is 0.307 e. The standard InChI is InChI=1S/C15H19NS/c1-15(2,10-16-11-17)14-8-7-12-5-3-4-6-13(12)9-14/h3-9,16-17H,10-11H2,1-2H3. The van der Waals surface area contributed by atoms with Crippen molar-refractivity contribution in [1.29, 1.82) is 0 Å². The van der Waals surface area contributed by atoms with Gasteiger partial charge in [0.2, 0.25) is 0 Å². The molecule has 0 aromatic heterocycles. The lowest BCUT2D eigenvalue weighted by atomic mass is 9.83. The zero-order valence-corrected chi connectivity index (χ0v) is 11.3. The molecule has 0 amide bonds. The molecule has 0 saturated carbocycles. The normalized spacial score (nSPS) is 11.9. The number of fused-ring (bicyclic) bond motifs is 1. The minimum Gasteiger partial charge on any atom is -0.307 e. The second kappa shape index (κ2) is 5.11. The summed E-state index contributed by atoms with van der Waals surface area (Å²) < 4.78 is 0. The van der Waals surface area contributed by atoms with Crippen molar-refractivity contribution in [1.82, 2.24) is 5.32 Å². The first-order valence-electron chi connectivity index (χ1n) is 5.94. The van der Waals surface area contributed by atoms with Gasteiger partial charge in [-0.15, -0.1) is 0 Å². The summed E-state index contributed by atoms with van der Waals surface area (Å²) in [5.74, 6) is 0.719. The van der Waals surface area contributed by atoms with Gasteiger partial charge in [-0.3, -0.25) is 0 Å². The first-order chi connectivity index (χ1) is 8.13. The van der Waals surface area contributed by atoms with E-state index in [0.717, 1.165) is 12.4 Å². The van der Waals surface area contributed by atoms with Crippen LogP contribution in [-0.2, 0) is 5.41 Å². The van der Waals surface area contributed by atoms with Gasteiger partial charge in [0, 0.05) is 17.8 Å². The second-order valence-corrected chi connectivity index (χ2v) is 5.35. The maximum absolute atomic E-state index is 4.19. The van der Waals surface area contributed by atoms with E-state index < -0.39 is 0 Å². The Morgan fingerprint density at radius 2 is 1.76 bits per heavy atom. The highest BCUT2D eigenvalue weighted by Crippen LogP contribution is 2.26. The molecule has 0 aliphatic carbocycles. The lowest BCUT2D eigenvalue weighted by Crippen LogP contribution is -2.32. The Labute approximate surface area is 109 Å². The van der Waals surface area contributed by atoms with Crippen molar-refractivity contribution in [2.75, 3.05) is 12.4 Å². The highest BCUT2D eigenvalue weighted by Gasteiger charge is 2.19. The molecule has 0 aliphatic heterocycles. The fraction of sp³-hybridized carbons (Fsp3) is 0.333. The van der Waals surface area contributed by atoms with Gasteiger partial charge in [-0.05, 0) is 16.3 Å². The van der Waals surface area contributed by atoms with Crippen LogP contribution >= 0.6 is 12.6 Å². The first-order valence-corrected chi connectivity index (χ1v) is 6.57. The predicted octanol–water partition coefficient (Wildman–Crippen LogP) is 3.59. The van der Waals surface area contributed by atoms with Crippen LogP contribution in [0.4, 0.5) is 0 Å². The molecular formula is C15H19NS. The molecule has 0 bridgehead atoms. The van der Waals surface area contributed by atoms with Crippen LogP contribution in [0.5, 0.6) is 0 Å². The van der Waals surface area contributed by atoms with E-state index in [-0.39, 0.29) is 5.41 Å². The van der Waals surface area contributed by atoms with Crippen LogP contribution in [0, 0.1) is 0 Å². The Balaban J connectivity index is 2.35. The number of benzene rings is 2. The number of hydrogen-bond acceptors (Lipinski definition) is 2. The summed E-state index contributed by atoms with van der Waals surface area (Å²) in [6, 6.07) is 15.2. The second-order valence-electron chi connectivity index (χ2n) is 5.03. The van der Waals surface area contributed by atoms with Crippen molar-refractivity contribution in [3.05, 3.63) is 48.0 Å². The summed E-state index contributed by atoms with van der Waals surface area (Å²) in [6.07, 6.45) is 0. The van der Waals surface area contributed by atoms with E-state index in [4.69, 9.17) is 0 Å². The van der Waals surface area contributed by atoms with Gasteiger partial charge in [0.1, 0.15) is 0 Å². The van der Waals surface area contributed by atoms with Crippen molar-refractivity contribution in [2.45, 2.75) is 19.3 Å². The van der Waals surface area contributed by atoms with Gasteiger partial charge in [0.25, 0.3) is 0 Å². The monoisotopic (exact) mass is 245 g/mol. The molecular weight excluding hydrogens is 226 g/mol. The van der Waals surface area contributed by atoms with Gasteiger partial charge in [-0.1, -0.05) is 56.3 Å². The van der Waals surface area contributed by atoms with Crippen LogP contribution in [-0.4, -0.2) is 12.4 Å². The zero-order valence-electron chi connectivity index (χ0n) is 10.4. The molecule has 0 saturated heterocycles. The number of nitrogens with one attached hydrogen (secondary N) is 1. The maximum Gasteiger partial charge on any atom is 0.0387 e. The predicted molar refractivity (Wildman–Crippen MR) is 78.8 cm³/mol. The molecule has 2 rings (SSSR count). The first kappa shape index (κ1) is 12.5. The van der Waals surface area contributed by atoms with Gasteiger partial charge in [-0.2, -0.15) is 12.6 Å². The highest BCUT2D eigenvalue weighted by atomic mass is 32.1.